The maximum atomic E-state index is 13.4. The van der Waals surface area contributed by atoms with E-state index in [0.717, 1.165) is 22.1 Å². The van der Waals surface area contributed by atoms with Gasteiger partial charge in [0.2, 0.25) is 5.91 Å². The van der Waals surface area contributed by atoms with Crippen LogP contribution in [-0.4, -0.2) is 50.1 Å². The molecule has 0 bridgehead atoms. The van der Waals surface area contributed by atoms with Crippen molar-refractivity contribution in [1.82, 2.24) is 20.1 Å². The van der Waals surface area contributed by atoms with Crippen molar-refractivity contribution in [3.05, 3.63) is 78.2 Å². The van der Waals surface area contributed by atoms with E-state index in [-0.39, 0.29) is 6.42 Å². The summed E-state index contributed by atoms with van der Waals surface area (Å²) in [5.74, 6) is -0.409. The van der Waals surface area contributed by atoms with Crippen LogP contribution in [0.3, 0.4) is 0 Å². The number of amides is 2. The van der Waals surface area contributed by atoms with Crippen LogP contribution in [-0.2, 0) is 20.7 Å². The minimum absolute atomic E-state index is 0.274. The Kier molecular flexibility index (Phi) is 8.65. The lowest BCUT2D eigenvalue weighted by molar-refractivity contribution is -0.118. The molecule has 4 aromatic rings. The monoisotopic (exact) mass is 571 g/mol. The van der Waals surface area contributed by atoms with Gasteiger partial charge in [-0.25, -0.2) is 9.59 Å². The first-order chi connectivity index (χ1) is 19.7. The largest absolute Gasteiger partial charge is 0.444 e. The van der Waals surface area contributed by atoms with Gasteiger partial charge in [0.05, 0.1) is 23.1 Å². The zero-order valence-electron chi connectivity index (χ0n) is 25.0. The van der Waals surface area contributed by atoms with Crippen LogP contribution >= 0.6 is 0 Å². The second kappa shape index (κ2) is 12.0. The zero-order chi connectivity index (χ0) is 30.7. The normalized spacial score (nSPS) is 12.5. The summed E-state index contributed by atoms with van der Waals surface area (Å²) < 4.78 is 12.1. The zero-order valence-corrected chi connectivity index (χ0v) is 25.0. The summed E-state index contributed by atoms with van der Waals surface area (Å²) in [7, 11) is 0. The fourth-order valence-electron chi connectivity index (χ4n) is 4.30. The number of benzene rings is 2. The van der Waals surface area contributed by atoms with Crippen molar-refractivity contribution < 1.29 is 23.9 Å². The molecule has 0 aliphatic heterocycles. The Bertz CT molecular complexity index is 1600. The van der Waals surface area contributed by atoms with Crippen LogP contribution in [0, 0.1) is 6.92 Å². The van der Waals surface area contributed by atoms with Gasteiger partial charge in [0, 0.05) is 23.6 Å². The number of aryl methyl sites for hydroxylation is 1. The van der Waals surface area contributed by atoms with E-state index < -0.39 is 35.3 Å². The highest BCUT2D eigenvalue weighted by Crippen LogP contribution is 2.28. The Morgan fingerprint density at radius 1 is 0.881 bits per heavy atom. The molecule has 1 atom stereocenters. The third kappa shape index (κ3) is 7.93. The summed E-state index contributed by atoms with van der Waals surface area (Å²) in [6.45, 7) is 12.5. The van der Waals surface area contributed by atoms with Crippen molar-refractivity contribution in [2.24, 2.45) is 0 Å². The number of nitrogens with one attached hydrogen (secondary N) is 2. The molecule has 10 heteroatoms. The van der Waals surface area contributed by atoms with Gasteiger partial charge in [-0.05, 0) is 77.8 Å². The number of fused-ring (bicyclic) bond motifs is 1. The Labute approximate surface area is 245 Å². The first-order valence-electron chi connectivity index (χ1n) is 13.7. The van der Waals surface area contributed by atoms with Crippen molar-refractivity contribution in [2.45, 2.75) is 72.1 Å². The molecule has 10 nitrogen and oxygen atoms in total. The molecule has 0 fully saturated rings. The van der Waals surface area contributed by atoms with Crippen molar-refractivity contribution in [3.63, 3.8) is 0 Å². The number of pyridine rings is 1. The van der Waals surface area contributed by atoms with E-state index in [1.165, 1.54) is 4.68 Å². The van der Waals surface area contributed by atoms with Crippen LogP contribution in [0.15, 0.2) is 67.0 Å². The molecule has 0 saturated carbocycles. The van der Waals surface area contributed by atoms with E-state index in [9.17, 15) is 14.4 Å². The molecule has 0 unspecified atom stereocenters. The first-order valence-corrected chi connectivity index (χ1v) is 13.7. The van der Waals surface area contributed by atoms with E-state index in [1.807, 2.05) is 49.4 Å². The average molecular weight is 572 g/mol. The fourth-order valence-corrected chi connectivity index (χ4v) is 4.30. The predicted molar refractivity (Wildman–Crippen MR) is 161 cm³/mol. The Hall–Kier alpha value is -4.73. The standard InChI is InChI=1S/C32H37N5O5/c1-20-25-17-22(13-14-27(25)37(36-20)30(40)42-32(5,6)7)23-16-24(19-33-18-23)34-28(38)26(15-21-11-9-8-10-12-21)35-29(39)41-31(2,3)4/h8-14,16-19,26H,15H2,1-7H3,(H,34,38)(H,35,39)/t26-/m0/s1. The molecule has 2 aromatic heterocycles. The molecule has 220 valence electrons. The summed E-state index contributed by atoms with van der Waals surface area (Å²) in [5.41, 5.74) is 2.86. The highest BCUT2D eigenvalue weighted by molar-refractivity contribution is 5.97. The summed E-state index contributed by atoms with van der Waals surface area (Å²) in [5, 5.41) is 10.8. The average Bonchev–Trinajstić information content (AvgIpc) is 3.23. The van der Waals surface area contributed by atoms with Crippen molar-refractivity contribution in [2.75, 3.05) is 5.32 Å². The Balaban J connectivity index is 1.56. The molecule has 2 N–H and O–H groups in total. The summed E-state index contributed by atoms with van der Waals surface area (Å²) in [4.78, 5) is 42.9. The molecule has 0 saturated heterocycles. The lowest BCUT2D eigenvalue weighted by atomic mass is 10.0. The third-order valence-corrected chi connectivity index (χ3v) is 6.06. The predicted octanol–water partition coefficient (Wildman–Crippen LogP) is 6.26. The molecule has 0 aliphatic carbocycles. The SMILES string of the molecule is Cc1nn(C(=O)OC(C)(C)C)c2ccc(-c3cncc(NC(=O)[C@H](Cc4ccccc4)NC(=O)OC(C)(C)C)c3)cc12. The summed E-state index contributed by atoms with van der Waals surface area (Å²) >= 11 is 0. The third-order valence-electron chi connectivity index (χ3n) is 6.06. The molecule has 0 radical (unpaired) electrons. The first kappa shape index (κ1) is 30.2. The number of rotatable bonds is 6. The van der Waals surface area contributed by atoms with Gasteiger partial charge in [-0.2, -0.15) is 9.78 Å². The number of carbonyl (C=O) groups excluding carboxylic acids is 3. The summed E-state index contributed by atoms with van der Waals surface area (Å²) in [6.07, 6.45) is 2.27. The van der Waals surface area contributed by atoms with Crippen LogP contribution < -0.4 is 10.6 Å². The Morgan fingerprint density at radius 3 is 2.24 bits per heavy atom. The fraction of sp³-hybridized carbons (Fsp3) is 0.344. The van der Waals surface area contributed by atoms with Crippen LogP contribution in [0.4, 0.5) is 15.3 Å². The van der Waals surface area contributed by atoms with Crippen molar-refractivity contribution >= 4 is 34.7 Å². The molecular formula is C32H37N5O5. The van der Waals surface area contributed by atoms with E-state index in [4.69, 9.17) is 9.47 Å². The number of aromatic nitrogens is 3. The van der Waals surface area contributed by atoms with E-state index in [0.29, 0.717) is 16.9 Å². The maximum Gasteiger partial charge on any atom is 0.435 e. The van der Waals surface area contributed by atoms with Crippen LogP contribution in [0.2, 0.25) is 0 Å². The van der Waals surface area contributed by atoms with Crippen LogP contribution in [0.25, 0.3) is 22.0 Å². The lowest BCUT2D eigenvalue weighted by Gasteiger charge is -2.23. The van der Waals surface area contributed by atoms with Crippen LogP contribution in [0.1, 0.15) is 52.8 Å². The minimum Gasteiger partial charge on any atom is -0.444 e. The molecule has 0 spiro atoms. The molecular weight excluding hydrogens is 534 g/mol. The minimum atomic E-state index is -0.886. The number of carbonyl (C=O) groups is 3. The van der Waals surface area contributed by atoms with Crippen molar-refractivity contribution in [1.29, 1.82) is 0 Å². The number of hydrogen-bond acceptors (Lipinski definition) is 7. The summed E-state index contributed by atoms with van der Waals surface area (Å²) in [6, 6.07) is 15.9. The molecule has 2 amide bonds. The number of hydrogen-bond donors (Lipinski definition) is 2. The lowest BCUT2D eigenvalue weighted by Crippen LogP contribution is -2.47. The smallest absolute Gasteiger partial charge is 0.435 e. The van der Waals surface area contributed by atoms with Crippen LogP contribution in [0.5, 0.6) is 0 Å². The molecule has 2 heterocycles. The second-order valence-electron chi connectivity index (χ2n) is 12.0. The van der Waals surface area contributed by atoms with Gasteiger partial charge in [-0.3, -0.25) is 9.78 Å². The van der Waals surface area contributed by atoms with E-state index in [1.54, 1.807) is 66.1 Å². The Morgan fingerprint density at radius 2 is 1.57 bits per heavy atom. The molecule has 42 heavy (non-hydrogen) atoms. The van der Waals surface area contributed by atoms with E-state index >= 15 is 0 Å². The topological polar surface area (TPSA) is 124 Å². The van der Waals surface area contributed by atoms with Gasteiger partial charge < -0.3 is 20.1 Å². The van der Waals surface area contributed by atoms with Gasteiger partial charge in [-0.1, -0.05) is 36.4 Å². The quantitative estimate of drug-likeness (QED) is 0.280. The molecule has 0 aliphatic rings. The van der Waals surface area contributed by atoms with E-state index in [2.05, 4.69) is 20.7 Å². The van der Waals surface area contributed by atoms with Crippen molar-refractivity contribution in [3.8, 4) is 11.1 Å². The van der Waals surface area contributed by atoms with Gasteiger partial charge >= 0.3 is 12.2 Å². The maximum absolute atomic E-state index is 13.4. The van der Waals surface area contributed by atoms with Gasteiger partial charge in [0.15, 0.2) is 0 Å². The van der Waals surface area contributed by atoms with Gasteiger partial charge in [0.1, 0.15) is 17.2 Å². The highest BCUT2D eigenvalue weighted by atomic mass is 16.6. The van der Waals surface area contributed by atoms with Gasteiger partial charge in [0.25, 0.3) is 0 Å². The number of ether oxygens (including phenoxy) is 2. The highest BCUT2D eigenvalue weighted by Gasteiger charge is 2.25. The number of alkyl carbamates (subject to hydrolysis) is 1. The van der Waals surface area contributed by atoms with Gasteiger partial charge in [-0.15, -0.1) is 0 Å². The number of nitrogens with zero attached hydrogens (tertiary/aromatic N) is 3. The molecule has 4 rings (SSSR count). The number of anilines is 1. The second-order valence-corrected chi connectivity index (χ2v) is 12.0. The molecule has 2 aromatic carbocycles.